The van der Waals surface area contributed by atoms with Crippen molar-refractivity contribution >= 4 is 0 Å². The molecule has 120 valence electrons. The molecule has 1 saturated carbocycles. The van der Waals surface area contributed by atoms with E-state index in [0.717, 1.165) is 18.1 Å². The van der Waals surface area contributed by atoms with Crippen LogP contribution in [0.1, 0.15) is 65.6 Å². The summed E-state index contributed by atoms with van der Waals surface area (Å²) < 4.78 is 7.69. The zero-order valence-corrected chi connectivity index (χ0v) is 14.4. The highest BCUT2D eigenvalue weighted by molar-refractivity contribution is 5.33. The van der Waals surface area contributed by atoms with Gasteiger partial charge in [-0.05, 0) is 38.5 Å². The molecule has 1 fully saturated rings. The Hall–Kier alpha value is -1.03. The van der Waals surface area contributed by atoms with Gasteiger partial charge in [0.25, 0.3) is 0 Å². The number of aromatic nitrogens is 2. The van der Waals surface area contributed by atoms with Crippen molar-refractivity contribution in [3.8, 4) is 5.75 Å². The lowest BCUT2D eigenvalue weighted by Gasteiger charge is -2.43. The second-order valence-corrected chi connectivity index (χ2v) is 7.51. The molecule has 1 heterocycles. The second kappa shape index (κ2) is 5.99. The fourth-order valence-corrected chi connectivity index (χ4v) is 4.00. The first-order valence-electron chi connectivity index (χ1n) is 8.16. The molecular weight excluding hydrogens is 262 g/mol. The van der Waals surface area contributed by atoms with Crippen LogP contribution in [0.25, 0.3) is 0 Å². The number of rotatable bonds is 4. The number of hydrogen-bond acceptors (Lipinski definition) is 3. The van der Waals surface area contributed by atoms with Crippen LogP contribution in [0, 0.1) is 11.8 Å². The van der Waals surface area contributed by atoms with E-state index in [1.807, 2.05) is 6.20 Å². The highest BCUT2D eigenvalue weighted by Gasteiger charge is 2.42. The average Bonchev–Trinajstić information content (AvgIpc) is 2.82. The van der Waals surface area contributed by atoms with Gasteiger partial charge in [0.2, 0.25) is 0 Å². The third-order valence-corrected chi connectivity index (χ3v) is 5.17. The van der Waals surface area contributed by atoms with Gasteiger partial charge in [0.05, 0.1) is 19.0 Å². The fraction of sp³-hybridized carbons (Fsp3) is 0.824. The van der Waals surface area contributed by atoms with E-state index in [2.05, 4.69) is 44.4 Å². The van der Waals surface area contributed by atoms with E-state index < -0.39 is 0 Å². The number of methoxy groups -OCH3 is 1. The summed E-state index contributed by atoms with van der Waals surface area (Å²) in [7, 11) is 1.73. The van der Waals surface area contributed by atoms with Crippen LogP contribution >= 0.6 is 0 Å². The summed E-state index contributed by atoms with van der Waals surface area (Å²) in [6.07, 6.45) is 5.40. The van der Waals surface area contributed by atoms with Crippen molar-refractivity contribution in [3.05, 3.63) is 11.9 Å². The zero-order valence-electron chi connectivity index (χ0n) is 14.4. The fourth-order valence-electron chi connectivity index (χ4n) is 4.00. The van der Waals surface area contributed by atoms with Gasteiger partial charge in [-0.1, -0.05) is 27.2 Å². The molecule has 1 aliphatic rings. The monoisotopic (exact) mass is 293 g/mol. The third kappa shape index (κ3) is 2.96. The largest absolute Gasteiger partial charge is 0.493 e. The van der Waals surface area contributed by atoms with Gasteiger partial charge >= 0.3 is 0 Å². The smallest absolute Gasteiger partial charge is 0.160 e. The lowest BCUT2D eigenvalue weighted by atomic mass is 9.65. The molecule has 4 nitrogen and oxygen atoms in total. The maximum absolute atomic E-state index is 6.51. The molecule has 0 aromatic carbocycles. The van der Waals surface area contributed by atoms with Crippen LogP contribution in [0.5, 0.6) is 5.75 Å². The van der Waals surface area contributed by atoms with Crippen LogP contribution in [0.2, 0.25) is 0 Å². The molecule has 3 unspecified atom stereocenters. The lowest BCUT2D eigenvalue weighted by molar-refractivity contribution is 0.159. The van der Waals surface area contributed by atoms with E-state index >= 15 is 0 Å². The molecule has 2 N–H and O–H groups in total. The summed E-state index contributed by atoms with van der Waals surface area (Å²) in [6.45, 7) is 11.2. The highest BCUT2D eigenvalue weighted by Crippen LogP contribution is 2.45. The van der Waals surface area contributed by atoms with Gasteiger partial charge in [-0.25, -0.2) is 0 Å². The first kappa shape index (κ1) is 16.3. The van der Waals surface area contributed by atoms with Gasteiger partial charge in [0.1, 0.15) is 0 Å². The van der Waals surface area contributed by atoms with Crippen molar-refractivity contribution in [2.75, 3.05) is 7.11 Å². The maximum Gasteiger partial charge on any atom is 0.160 e. The van der Waals surface area contributed by atoms with Crippen molar-refractivity contribution in [1.82, 2.24) is 9.78 Å². The Morgan fingerprint density at radius 1 is 1.38 bits per heavy atom. The van der Waals surface area contributed by atoms with Crippen LogP contribution in [0.15, 0.2) is 6.20 Å². The van der Waals surface area contributed by atoms with E-state index in [9.17, 15) is 0 Å². The maximum atomic E-state index is 6.51. The molecular formula is C17H31N3O. The molecule has 21 heavy (non-hydrogen) atoms. The normalized spacial score (nSPS) is 27.1. The van der Waals surface area contributed by atoms with Gasteiger partial charge in [0, 0.05) is 17.5 Å². The predicted octanol–water partition coefficient (Wildman–Crippen LogP) is 3.51. The quantitative estimate of drug-likeness (QED) is 0.924. The number of hydrogen-bond donors (Lipinski definition) is 1. The Morgan fingerprint density at radius 2 is 2.05 bits per heavy atom. The standard InChI is InChI=1S/C17H31N3O/c1-11(2)20-16(15(21-6)10-19-20)17(4,5)13-8-7-12(3)9-14(13)18/h10-14H,7-9,18H2,1-6H3. The molecule has 1 aliphatic carbocycles. The van der Waals surface area contributed by atoms with Crippen molar-refractivity contribution in [2.24, 2.45) is 17.6 Å². The Bertz CT molecular complexity index is 478. The summed E-state index contributed by atoms with van der Waals surface area (Å²) in [5, 5.41) is 4.54. The molecule has 2 rings (SSSR count). The molecule has 0 aliphatic heterocycles. The van der Waals surface area contributed by atoms with E-state index in [1.54, 1.807) is 7.11 Å². The number of nitrogens with zero attached hydrogens (tertiary/aromatic N) is 2. The Kier molecular flexibility index (Phi) is 4.66. The van der Waals surface area contributed by atoms with Crippen molar-refractivity contribution in [1.29, 1.82) is 0 Å². The van der Waals surface area contributed by atoms with Gasteiger partial charge < -0.3 is 10.5 Å². The highest BCUT2D eigenvalue weighted by atomic mass is 16.5. The molecule has 4 heteroatoms. The summed E-state index contributed by atoms with van der Waals surface area (Å²) in [5.74, 6) is 2.10. The first-order valence-corrected chi connectivity index (χ1v) is 8.16. The zero-order chi connectivity index (χ0) is 15.8. The molecule has 0 radical (unpaired) electrons. The molecule has 1 aromatic heterocycles. The predicted molar refractivity (Wildman–Crippen MR) is 86.7 cm³/mol. The number of nitrogens with two attached hydrogens (primary N) is 1. The average molecular weight is 293 g/mol. The minimum absolute atomic E-state index is 0.0360. The van der Waals surface area contributed by atoms with Crippen molar-refractivity contribution < 1.29 is 4.74 Å². The molecule has 3 atom stereocenters. The third-order valence-electron chi connectivity index (χ3n) is 5.17. The second-order valence-electron chi connectivity index (χ2n) is 7.51. The van der Waals surface area contributed by atoms with Crippen LogP contribution < -0.4 is 10.5 Å². The molecule has 0 amide bonds. The van der Waals surface area contributed by atoms with Crippen LogP contribution in [-0.2, 0) is 5.41 Å². The van der Waals surface area contributed by atoms with E-state index in [-0.39, 0.29) is 11.5 Å². The van der Waals surface area contributed by atoms with Crippen LogP contribution in [0.3, 0.4) is 0 Å². The van der Waals surface area contributed by atoms with Crippen molar-refractivity contribution in [2.45, 2.75) is 71.4 Å². The van der Waals surface area contributed by atoms with Gasteiger partial charge in [-0.2, -0.15) is 5.10 Å². The minimum atomic E-state index is -0.0360. The number of ether oxygens (including phenoxy) is 1. The summed E-state index contributed by atoms with van der Waals surface area (Å²) in [4.78, 5) is 0. The molecule has 0 saturated heterocycles. The summed E-state index contributed by atoms with van der Waals surface area (Å²) in [6, 6.07) is 0.575. The van der Waals surface area contributed by atoms with E-state index in [4.69, 9.17) is 10.5 Å². The minimum Gasteiger partial charge on any atom is -0.493 e. The van der Waals surface area contributed by atoms with Crippen molar-refractivity contribution in [3.63, 3.8) is 0 Å². The summed E-state index contributed by atoms with van der Waals surface area (Å²) in [5.41, 5.74) is 7.66. The topological polar surface area (TPSA) is 53.1 Å². The van der Waals surface area contributed by atoms with Gasteiger partial charge in [-0.3, -0.25) is 4.68 Å². The van der Waals surface area contributed by atoms with Crippen LogP contribution in [0.4, 0.5) is 0 Å². The molecule has 1 aromatic rings. The van der Waals surface area contributed by atoms with E-state index in [0.29, 0.717) is 12.0 Å². The van der Waals surface area contributed by atoms with Gasteiger partial charge in [0.15, 0.2) is 5.75 Å². The molecule has 0 bridgehead atoms. The molecule has 0 spiro atoms. The Morgan fingerprint density at radius 3 is 2.57 bits per heavy atom. The lowest BCUT2D eigenvalue weighted by Crippen LogP contribution is -2.46. The van der Waals surface area contributed by atoms with Gasteiger partial charge in [-0.15, -0.1) is 0 Å². The van der Waals surface area contributed by atoms with E-state index in [1.165, 1.54) is 18.5 Å². The Balaban J connectivity index is 2.41. The first-order chi connectivity index (χ1) is 9.78. The SMILES string of the molecule is COc1cnn(C(C)C)c1C(C)(C)C1CCC(C)CC1N. The summed E-state index contributed by atoms with van der Waals surface area (Å²) >= 11 is 0. The van der Waals surface area contributed by atoms with Crippen LogP contribution in [-0.4, -0.2) is 22.9 Å². The Labute approximate surface area is 129 Å².